The highest BCUT2D eigenvalue weighted by atomic mass is 16.5. The zero-order chi connectivity index (χ0) is 17.0. The Bertz CT molecular complexity index is 1030. The van der Waals surface area contributed by atoms with Crippen LogP contribution in [-0.2, 0) is 11.3 Å². The van der Waals surface area contributed by atoms with Gasteiger partial charge in [-0.3, -0.25) is 0 Å². The van der Waals surface area contributed by atoms with Crippen molar-refractivity contribution >= 4 is 32.3 Å². The zero-order valence-electron chi connectivity index (χ0n) is 14.9. The topological polar surface area (TPSA) is 13.7 Å². The van der Waals surface area contributed by atoms with Crippen molar-refractivity contribution in [3.63, 3.8) is 0 Å². The first-order chi connectivity index (χ1) is 12.2. The third-order valence-corrected chi connectivity index (χ3v) is 5.68. The Labute approximate surface area is 148 Å². The Morgan fingerprint density at radius 1 is 0.800 bits per heavy atom. The van der Waals surface area contributed by atoms with Gasteiger partial charge >= 0.3 is 0 Å². The SMILES string of the molecule is C[C@H]1C[NH+](Cc2ccc3ccc4cccc5ccc2c3c45)C[C@H](C)O1. The van der Waals surface area contributed by atoms with E-state index in [0.29, 0.717) is 12.2 Å². The van der Waals surface area contributed by atoms with E-state index in [1.807, 2.05) is 0 Å². The molecule has 1 heterocycles. The Kier molecular flexibility index (Phi) is 3.44. The highest BCUT2D eigenvalue weighted by Gasteiger charge is 2.26. The monoisotopic (exact) mass is 330 g/mol. The number of quaternary nitrogens is 1. The van der Waals surface area contributed by atoms with Crippen molar-refractivity contribution in [3.8, 4) is 0 Å². The lowest BCUT2D eigenvalue weighted by Crippen LogP contribution is -3.14. The summed E-state index contributed by atoms with van der Waals surface area (Å²) >= 11 is 0. The maximum absolute atomic E-state index is 5.91. The van der Waals surface area contributed by atoms with E-state index in [2.05, 4.69) is 68.4 Å². The molecule has 1 fully saturated rings. The third-order valence-electron chi connectivity index (χ3n) is 5.68. The highest BCUT2D eigenvalue weighted by molar-refractivity contribution is 6.23. The van der Waals surface area contributed by atoms with Crippen LogP contribution in [0.1, 0.15) is 19.4 Å². The molecule has 0 spiro atoms. The molecule has 2 atom stereocenters. The van der Waals surface area contributed by atoms with Crippen LogP contribution in [0.15, 0.2) is 54.6 Å². The van der Waals surface area contributed by atoms with Gasteiger partial charge < -0.3 is 9.64 Å². The fourth-order valence-electron chi connectivity index (χ4n) is 4.75. The summed E-state index contributed by atoms with van der Waals surface area (Å²) in [6, 6.07) is 20.4. The molecule has 2 nitrogen and oxygen atoms in total. The molecule has 1 aliphatic rings. The number of benzene rings is 4. The molecule has 1 N–H and O–H groups in total. The average molecular weight is 330 g/mol. The first-order valence-electron chi connectivity index (χ1n) is 9.33. The van der Waals surface area contributed by atoms with Gasteiger partial charge in [-0.05, 0) is 46.2 Å². The number of rotatable bonds is 2. The minimum absolute atomic E-state index is 0.346. The fraction of sp³-hybridized carbons (Fsp3) is 0.304. The normalized spacial score (nSPS) is 24.5. The molecule has 0 aliphatic carbocycles. The molecule has 0 saturated carbocycles. The standard InChI is InChI=1S/C23H23NO/c1-15-12-24(13-16(2)25-15)14-20-9-8-19-7-6-17-4-3-5-18-10-11-21(20)23(19)22(17)18/h3-11,15-16H,12-14H2,1-2H3/p+1/t15-,16-/m0/s1. The summed E-state index contributed by atoms with van der Waals surface area (Å²) in [5.74, 6) is 0. The lowest BCUT2D eigenvalue weighted by Gasteiger charge is -2.32. The maximum Gasteiger partial charge on any atom is 0.104 e. The lowest BCUT2D eigenvalue weighted by molar-refractivity contribution is -0.928. The molecular formula is C23H24NO+. The van der Waals surface area contributed by atoms with Crippen LogP contribution >= 0.6 is 0 Å². The number of morpholine rings is 1. The van der Waals surface area contributed by atoms with Gasteiger partial charge in [0.15, 0.2) is 0 Å². The average Bonchev–Trinajstić information content (AvgIpc) is 2.60. The summed E-state index contributed by atoms with van der Waals surface area (Å²) in [5, 5.41) is 8.30. The van der Waals surface area contributed by atoms with E-state index in [0.717, 1.165) is 19.6 Å². The summed E-state index contributed by atoms with van der Waals surface area (Å²) < 4.78 is 5.91. The van der Waals surface area contributed by atoms with Gasteiger partial charge in [0.05, 0.1) is 0 Å². The van der Waals surface area contributed by atoms with Crippen molar-refractivity contribution in [2.45, 2.75) is 32.6 Å². The van der Waals surface area contributed by atoms with Crippen LogP contribution in [0.2, 0.25) is 0 Å². The Morgan fingerprint density at radius 3 is 2.12 bits per heavy atom. The summed E-state index contributed by atoms with van der Waals surface area (Å²) in [4.78, 5) is 1.63. The van der Waals surface area contributed by atoms with E-state index in [4.69, 9.17) is 4.74 Å². The minimum Gasteiger partial charge on any atom is -0.364 e. The van der Waals surface area contributed by atoms with Crippen molar-refractivity contribution in [1.29, 1.82) is 0 Å². The fourth-order valence-corrected chi connectivity index (χ4v) is 4.75. The van der Waals surface area contributed by atoms with Crippen molar-refractivity contribution in [2.24, 2.45) is 0 Å². The molecule has 0 radical (unpaired) electrons. The van der Waals surface area contributed by atoms with Crippen LogP contribution in [0.3, 0.4) is 0 Å². The predicted molar refractivity (Wildman–Crippen MR) is 105 cm³/mol. The van der Waals surface area contributed by atoms with E-state index < -0.39 is 0 Å². The van der Waals surface area contributed by atoms with E-state index in [-0.39, 0.29) is 0 Å². The number of hydrogen-bond acceptors (Lipinski definition) is 1. The first-order valence-corrected chi connectivity index (χ1v) is 9.33. The zero-order valence-corrected chi connectivity index (χ0v) is 14.9. The van der Waals surface area contributed by atoms with Crippen LogP contribution in [0.5, 0.6) is 0 Å². The van der Waals surface area contributed by atoms with Crippen LogP contribution in [0.4, 0.5) is 0 Å². The number of nitrogens with one attached hydrogen (secondary N) is 1. The molecule has 25 heavy (non-hydrogen) atoms. The molecular weight excluding hydrogens is 306 g/mol. The highest BCUT2D eigenvalue weighted by Crippen LogP contribution is 2.35. The Hall–Kier alpha value is -2.16. The van der Waals surface area contributed by atoms with E-state index in [1.54, 1.807) is 4.90 Å². The molecule has 0 amide bonds. The predicted octanol–water partition coefficient (Wildman–Crippen LogP) is 3.78. The van der Waals surface area contributed by atoms with Gasteiger partial charge in [-0.15, -0.1) is 0 Å². The quantitative estimate of drug-likeness (QED) is 0.552. The van der Waals surface area contributed by atoms with Crippen molar-refractivity contribution in [3.05, 3.63) is 60.2 Å². The van der Waals surface area contributed by atoms with Crippen LogP contribution in [-0.4, -0.2) is 25.3 Å². The smallest absolute Gasteiger partial charge is 0.104 e. The summed E-state index contributed by atoms with van der Waals surface area (Å²) in [6.07, 6.45) is 0.692. The number of ether oxygens (including phenoxy) is 1. The number of hydrogen-bond donors (Lipinski definition) is 1. The van der Waals surface area contributed by atoms with Gasteiger partial charge in [0, 0.05) is 5.56 Å². The molecule has 0 bridgehead atoms. The van der Waals surface area contributed by atoms with E-state index in [9.17, 15) is 0 Å². The van der Waals surface area contributed by atoms with Crippen molar-refractivity contribution in [1.82, 2.24) is 0 Å². The van der Waals surface area contributed by atoms with Gasteiger partial charge in [-0.2, -0.15) is 0 Å². The molecule has 1 aliphatic heterocycles. The largest absolute Gasteiger partial charge is 0.364 e. The van der Waals surface area contributed by atoms with Gasteiger partial charge in [-0.25, -0.2) is 0 Å². The van der Waals surface area contributed by atoms with Crippen LogP contribution < -0.4 is 4.90 Å². The molecule has 5 rings (SSSR count). The second kappa shape index (κ2) is 5.69. The van der Waals surface area contributed by atoms with Crippen LogP contribution in [0, 0.1) is 0 Å². The molecule has 4 aromatic rings. The van der Waals surface area contributed by atoms with Gasteiger partial charge in [0.1, 0.15) is 31.8 Å². The molecule has 0 aromatic heterocycles. The summed E-state index contributed by atoms with van der Waals surface area (Å²) in [7, 11) is 0. The summed E-state index contributed by atoms with van der Waals surface area (Å²) in [5.41, 5.74) is 1.46. The van der Waals surface area contributed by atoms with Gasteiger partial charge in [-0.1, -0.05) is 54.6 Å². The first kappa shape index (κ1) is 15.1. The molecule has 0 unspecified atom stereocenters. The second-order valence-corrected chi connectivity index (χ2v) is 7.67. The minimum atomic E-state index is 0.346. The second-order valence-electron chi connectivity index (χ2n) is 7.67. The molecule has 1 saturated heterocycles. The Morgan fingerprint density at radius 2 is 1.40 bits per heavy atom. The van der Waals surface area contributed by atoms with Crippen molar-refractivity contribution < 1.29 is 9.64 Å². The Balaban J connectivity index is 1.66. The third kappa shape index (κ3) is 2.48. The lowest BCUT2D eigenvalue weighted by atomic mass is 9.92. The van der Waals surface area contributed by atoms with E-state index in [1.165, 1.54) is 37.9 Å². The summed E-state index contributed by atoms with van der Waals surface area (Å²) in [6.45, 7) is 7.64. The van der Waals surface area contributed by atoms with Gasteiger partial charge in [0.2, 0.25) is 0 Å². The molecule has 2 heteroatoms. The van der Waals surface area contributed by atoms with E-state index >= 15 is 0 Å². The maximum atomic E-state index is 5.91. The van der Waals surface area contributed by atoms with Gasteiger partial charge in [0.25, 0.3) is 0 Å². The molecule has 4 aromatic carbocycles. The molecule has 126 valence electrons. The van der Waals surface area contributed by atoms with Crippen LogP contribution in [0.25, 0.3) is 32.3 Å². The van der Waals surface area contributed by atoms with Crippen molar-refractivity contribution in [2.75, 3.05) is 13.1 Å².